The van der Waals surface area contributed by atoms with Crippen LogP contribution in [0.15, 0.2) is 46.9 Å². The number of hydrogen-bond donors (Lipinski definition) is 0. The van der Waals surface area contributed by atoms with Crippen LogP contribution in [0.25, 0.3) is 0 Å². The number of methoxy groups -OCH3 is 1. The quantitative estimate of drug-likeness (QED) is 0.765. The van der Waals surface area contributed by atoms with Gasteiger partial charge in [0.25, 0.3) is 0 Å². The van der Waals surface area contributed by atoms with E-state index in [1.165, 1.54) is 0 Å². The van der Waals surface area contributed by atoms with Gasteiger partial charge in [0.05, 0.1) is 7.11 Å². The van der Waals surface area contributed by atoms with Gasteiger partial charge in [-0.05, 0) is 30.3 Å². The number of ether oxygens (including phenoxy) is 1. The van der Waals surface area contributed by atoms with Gasteiger partial charge in [0, 0.05) is 27.0 Å². The summed E-state index contributed by atoms with van der Waals surface area (Å²) in [6.45, 7) is 0. The van der Waals surface area contributed by atoms with Crippen molar-refractivity contribution in [2.75, 3.05) is 7.11 Å². The van der Waals surface area contributed by atoms with Crippen molar-refractivity contribution in [3.8, 4) is 5.75 Å². The molecule has 0 aliphatic carbocycles. The molecule has 0 aliphatic heterocycles. The van der Waals surface area contributed by atoms with Gasteiger partial charge in [-0.3, -0.25) is 4.79 Å². The summed E-state index contributed by atoms with van der Waals surface area (Å²) in [5, 5.41) is 0.562. The van der Waals surface area contributed by atoms with Gasteiger partial charge in [0.15, 0.2) is 5.78 Å². The molecular formula is C15H12BrClO2. The lowest BCUT2D eigenvalue weighted by Crippen LogP contribution is -2.05. The Hall–Kier alpha value is -1.32. The normalized spacial score (nSPS) is 10.3. The van der Waals surface area contributed by atoms with Gasteiger partial charge in [-0.25, -0.2) is 0 Å². The average molecular weight is 340 g/mol. The number of benzene rings is 2. The van der Waals surface area contributed by atoms with Gasteiger partial charge in [-0.15, -0.1) is 0 Å². The molecule has 98 valence electrons. The van der Waals surface area contributed by atoms with Crippen LogP contribution in [0.4, 0.5) is 0 Å². The van der Waals surface area contributed by atoms with Crippen LogP contribution < -0.4 is 4.74 Å². The summed E-state index contributed by atoms with van der Waals surface area (Å²) in [6, 6.07) is 12.6. The maximum atomic E-state index is 12.2. The van der Waals surface area contributed by atoms with Crippen molar-refractivity contribution in [2.45, 2.75) is 6.42 Å². The molecule has 0 amide bonds. The van der Waals surface area contributed by atoms with Crippen molar-refractivity contribution in [3.05, 3.63) is 63.1 Å². The molecule has 0 aromatic heterocycles. The van der Waals surface area contributed by atoms with E-state index in [0.29, 0.717) is 16.3 Å². The first-order valence-corrected chi connectivity index (χ1v) is 6.88. The summed E-state index contributed by atoms with van der Waals surface area (Å²) >= 11 is 9.29. The molecule has 2 aromatic carbocycles. The minimum absolute atomic E-state index is 0.0129. The predicted molar refractivity (Wildman–Crippen MR) is 80.2 cm³/mol. The molecule has 0 atom stereocenters. The molecule has 0 saturated heterocycles. The molecule has 0 heterocycles. The fraction of sp³-hybridized carbons (Fsp3) is 0.133. The number of Topliss-reactive ketones (excluding diaryl/α,β-unsaturated/α-hetero) is 1. The molecule has 0 saturated carbocycles. The summed E-state index contributed by atoms with van der Waals surface area (Å²) < 4.78 is 6.18. The van der Waals surface area contributed by atoms with Crippen molar-refractivity contribution in [1.29, 1.82) is 0 Å². The van der Waals surface area contributed by atoms with Crippen LogP contribution >= 0.6 is 27.5 Å². The molecule has 0 fully saturated rings. The number of rotatable bonds is 4. The van der Waals surface area contributed by atoms with E-state index in [-0.39, 0.29) is 12.2 Å². The summed E-state index contributed by atoms with van der Waals surface area (Å²) in [7, 11) is 1.59. The number of carbonyl (C=O) groups excluding carboxylic acids is 1. The van der Waals surface area contributed by atoms with Crippen LogP contribution in [0.1, 0.15) is 15.9 Å². The van der Waals surface area contributed by atoms with Crippen molar-refractivity contribution < 1.29 is 9.53 Å². The second-order valence-electron chi connectivity index (χ2n) is 4.07. The predicted octanol–water partition coefficient (Wildman–Crippen LogP) is 4.54. The van der Waals surface area contributed by atoms with Crippen LogP contribution in [-0.4, -0.2) is 12.9 Å². The van der Waals surface area contributed by atoms with Gasteiger partial charge < -0.3 is 4.74 Å². The molecule has 19 heavy (non-hydrogen) atoms. The van der Waals surface area contributed by atoms with E-state index < -0.39 is 0 Å². The highest BCUT2D eigenvalue weighted by molar-refractivity contribution is 9.10. The van der Waals surface area contributed by atoms with Crippen LogP contribution in [0.2, 0.25) is 5.02 Å². The molecule has 0 bridgehead atoms. The van der Waals surface area contributed by atoms with Gasteiger partial charge in [-0.1, -0.05) is 39.7 Å². The Kier molecular flexibility index (Phi) is 4.61. The molecule has 2 nitrogen and oxygen atoms in total. The topological polar surface area (TPSA) is 26.3 Å². The van der Waals surface area contributed by atoms with E-state index in [1.54, 1.807) is 31.4 Å². The smallest absolute Gasteiger partial charge is 0.167 e. The zero-order valence-electron chi connectivity index (χ0n) is 10.3. The second-order valence-corrected chi connectivity index (χ2v) is 5.42. The third-order valence-electron chi connectivity index (χ3n) is 2.74. The largest absolute Gasteiger partial charge is 0.496 e. The Morgan fingerprint density at radius 1 is 1.26 bits per heavy atom. The van der Waals surface area contributed by atoms with Crippen molar-refractivity contribution in [3.63, 3.8) is 0 Å². The van der Waals surface area contributed by atoms with Crippen molar-refractivity contribution in [1.82, 2.24) is 0 Å². The third kappa shape index (κ3) is 3.58. The zero-order valence-corrected chi connectivity index (χ0v) is 12.7. The van der Waals surface area contributed by atoms with Gasteiger partial charge >= 0.3 is 0 Å². The highest BCUT2D eigenvalue weighted by Crippen LogP contribution is 2.24. The first kappa shape index (κ1) is 14.1. The van der Waals surface area contributed by atoms with E-state index in [4.69, 9.17) is 16.3 Å². The van der Waals surface area contributed by atoms with E-state index in [9.17, 15) is 4.79 Å². The molecule has 2 aromatic rings. The Labute approximate surface area is 125 Å². The minimum atomic E-state index is 0.0129. The fourth-order valence-electron chi connectivity index (χ4n) is 1.82. The van der Waals surface area contributed by atoms with Gasteiger partial charge in [0.1, 0.15) is 5.75 Å². The number of ketones is 1. The van der Waals surface area contributed by atoms with E-state index in [1.807, 2.05) is 18.2 Å². The van der Waals surface area contributed by atoms with Gasteiger partial charge in [0.2, 0.25) is 0 Å². The Bertz CT molecular complexity index is 611. The molecule has 0 unspecified atom stereocenters. The first-order chi connectivity index (χ1) is 9.10. The highest BCUT2D eigenvalue weighted by atomic mass is 79.9. The van der Waals surface area contributed by atoms with E-state index >= 15 is 0 Å². The summed E-state index contributed by atoms with van der Waals surface area (Å²) in [5.74, 6) is 0.720. The minimum Gasteiger partial charge on any atom is -0.496 e. The molecule has 2 rings (SSSR count). The maximum absolute atomic E-state index is 12.2. The second kappa shape index (κ2) is 6.22. The Balaban J connectivity index is 2.26. The molecule has 0 N–H and O–H groups in total. The fourth-order valence-corrected chi connectivity index (χ4v) is 2.42. The number of hydrogen-bond acceptors (Lipinski definition) is 2. The zero-order chi connectivity index (χ0) is 13.8. The van der Waals surface area contributed by atoms with Crippen LogP contribution in [-0.2, 0) is 6.42 Å². The van der Waals surface area contributed by atoms with Gasteiger partial charge in [-0.2, -0.15) is 0 Å². The van der Waals surface area contributed by atoms with Crippen molar-refractivity contribution in [2.24, 2.45) is 0 Å². The maximum Gasteiger partial charge on any atom is 0.167 e. The molecule has 0 spiro atoms. The lowest BCUT2D eigenvalue weighted by Gasteiger charge is -2.08. The molecular weight excluding hydrogens is 328 g/mol. The molecule has 4 heteroatoms. The number of carbonyl (C=O) groups is 1. The highest BCUT2D eigenvalue weighted by Gasteiger charge is 2.11. The summed E-state index contributed by atoms with van der Waals surface area (Å²) in [4.78, 5) is 12.2. The van der Waals surface area contributed by atoms with Crippen LogP contribution in [0.3, 0.4) is 0 Å². The third-order valence-corrected chi connectivity index (χ3v) is 3.47. The monoisotopic (exact) mass is 338 g/mol. The van der Waals surface area contributed by atoms with Crippen molar-refractivity contribution >= 4 is 33.3 Å². The SMILES string of the molecule is COc1ccc(Br)cc1CC(=O)c1cccc(Cl)c1. The number of halogens is 2. The lowest BCUT2D eigenvalue weighted by molar-refractivity contribution is 0.0992. The Morgan fingerprint density at radius 2 is 2.05 bits per heavy atom. The lowest BCUT2D eigenvalue weighted by atomic mass is 10.0. The molecule has 0 radical (unpaired) electrons. The van der Waals surface area contributed by atoms with E-state index in [0.717, 1.165) is 10.0 Å². The van der Waals surface area contributed by atoms with Crippen LogP contribution in [0, 0.1) is 0 Å². The van der Waals surface area contributed by atoms with Crippen LogP contribution in [0.5, 0.6) is 5.75 Å². The standard InChI is InChI=1S/C15H12BrClO2/c1-19-15-6-5-12(16)7-11(15)9-14(18)10-3-2-4-13(17)8-10/h2-8H,9H2,1H3. The summed E-state index contributed by atoms with van der Waals surface area (Å²) in [5.41, 5.74) is 1.45. The Morgan fingerprint density at radius 3 is 2.74 bits per heavy atom. The first-order valence-electron chi connectivity index (χ1n) is 5.71. The average Bonchev–Trinajstić information content (AvgIpc) is 2.39. The van der Waals surface area contributed by atoms with E-state index in [2.05, 4.69) is 15.9 Å². The summed E-state index contributed by atoms with van der Waals surface area (Å²) in [6.07, 6.45) is 0.281. The molecule has 0 aliphatic rings.